The normalized spacial score (nSPS) is 21.0. The number of likely N-dealkylation sites (tertiary alicyclic amines) is 1. The van der Waals surface area contributed by atoms with Crippen LogP contribution in [-0.4, -0.2) is 52.1 Å². The molecule has 1 aromatic carbocycles. The molecule has 2 saturated heterocycles. The quantitative estimate of drug-likeness (QED) is 0.860. The predicted molar refractivity (Wildman–Crippen MR) is 83.8 cm³/mol. The summed E-state index contributed by atoms with van der Waals surface area (Å²) in [5.41, 5.74) is 0.671. The van der Waals surface area contributed by atoms with E-state index in [1.54, 1.807) is 6.20 Å². The van der Waals surface area contributed by atoms with Crippen LogP contribution in [0, 0.1) is 0 Å². The van der Waals surface area contributed by atoms with E-state index in [4.69, 9.17) is 4.74 Å². The maximum Gasteiger partial charge on any atom is 0.233 e. The Labute approximate surface area is 135 Å². The predicted octanol–water partition coefficient (Wildman–Crippen LogP) is 1.41. The van der Waals surface area contributed by atoms with Crippen LogP contribution in [0.4, 0.5) is 0 Å². The number of hydrogen-bond acceptors (Lipinski definition) is 4. The van der Waals surface area contributed by atoms with Crippen LogP contribution in [0.25, 0.3) is 0 Å². The van der Waals surface area contributed by atoms with Crippen molar-refractivity contribution in [2.24, 2.45) is 0 Å². The zero-order chi connectivity index (χ0) is 15.7. The molecular formula is C17H20N4O2. The van der Waals surface area contributed by atoms with Gasteiger partial charge < -0.3 is 9.64 Å². The maximum atomic E-state index is 13.2. The molecule has 0 aliphatic carbocycles. The van der Waals surface area contributed by atoms with Gasteiger partial charge >= 0.3 is 0 Å². The molecule has 0 atom stereocenters. The van der Waals surface area contributed by atoms with Gasteiger partial charge in [0, 0.05) is 32.5 Å². The molecule has 0 spiro atoms. The monoisotopic (exact) mass is 312 g/mol. The summed E-state index contributed by atoms with van der Waals surface area (Å²) < 4.78 is 7.35. The largest absolute Gasteiger partial charge is 0.381 e. The van der Waals surface area contributed by atoms with E-state index in [1.165, 1.54) is 0 Å². The van der Waals surface area contributed by atoms with Gasteiger partial charge in [0.25, 0.3) is 0 Å². The van der Waals surface area contributed by atoms with Crippen LogP contribution in [-0.2, 0) is 14.9 Å². The first kappa shape index (κ1) is 14.4. The second-order valence-corrected chi connectivity index (χ2v) is 6.31. The SMILES string of the molecule is O=C(N1CC(n2ccnn2)C1)C1(c2ccccc2)CCOCC1. The first-order valence-electron chi connectivity index (χ1n) is 8.08. The molecule has 2 fully saturated rings. The summed E-state index contributed by atoms with van der Waals surface area (Å²) in [5, 5.41) is 7.87. The van der Waals surface area contributed by atoms with Gasteiger partial charge in [-0.05, 0) is 18.4 Å². The lowest BCUT2D eigenvalue weighted by atomic mass is 9.72. The molecule has 0 N–H and O–H groups in total. The minimum absolute atomic E-state index is 0.225. The summed E-state index contributed by atoms with van der Waals surface area (Å²) in [7, 11) is 0. The Morgan fingerprint density at radius 1 is 1.17 bits per heavy atom. The lowest BCUT2D eigenvalue weighted by Crippen LogP contribution is -2.58. The maximum absolute atomic E-state index is 13.2. The molecule has 1 aromatic heterocycles. The third-order valence-electron chi connectivity index (χ3n) is 5.05. The van der Waals surface area contributed by atoms with Gasteiger partial charge in [-0.2, -0.15) is 0 Å². The van der Waals surface area contributed by atoms with Crippen molar-refractivity contribution in [1.29, 1.82) is 0 Å². The highest BCUT2D eigenvalue weighted by molar-refractivity contribution is 5.89. The lowest BCUT2D eigenvalue weighted by molar-refractivity contribution is -0.147. The lowest BCUT2D eigenvalue weighted by Gasteiger charge is -2.46. The van der Waals surface area contributed by atoms with Crippen molar-refractivity contribution >= 4 is 5.91 Å². The summed E-state index contributed by atoms with van der Waals surface area (Å²) >= 11 is 0. The molecule has 0 bridgehead atoms. The van der Waals surface area contributed by atoms with Crippen molar-refractivity contribution in [3.8, 4) is 0 Å². The number of aromatic nitrogens is 3. The molecule has 3 heterocycles. The first-order valence-corrected chi connectivity index (χ1v) is 8.08. The summed E-state index contributed by atoms with van der Waals surface area (Å²) in [6.45, 7) is 2.69. The van der Waals surface area contributed by atoms with Crippen LogP contribution in [0.5, 0.6) is 0 Å². The molecule has 6 heteroatoms. The average molecular weight is 312 g/mol. The van der Waals surface area contributed by atoms with Crippen molar-refractivity contribution < 1.29 is 9.53 Å². The van der Waals surface area contributed by atoms with E-state index < -0.39 is 5.41 Å². The number of carbonyl (C=O) groups is 1. The fraction of sp³-hybridized carbons (Fsp3) is 0.471. The van der Waals surface area contributed by atoms with Crippen molar-refractivity contribution in [3.63, 3.8) is 0 Å². The van der Waals surface area contributed by atoms with Gasteiger partial charge in [0.15, 0.2) is 0 Å². The summed E-state index contributed by atoms with van der Waals surface area (Å²) in [6, 6.07) is 10.4. The van der Waals surface area contributed by atoms with E-state index in [9.17, 15) is 4.79 Å². The van der Waals surface area contributed by atoms with Gasteiger partial charge in [-0.3, -0.25) is 4.79 Å². The molecule has 1 amide bonds. The fourth-order valence-electron chi connectivity index (χ4n) is 3.61. The Morgan fingerprint density at radius 2 is 1.91 bits per heavy atom. The summed E-state index contributed by atoms with van der Waals surface area (Å²) in [5.74, 6) is 0.225. The number of carbonyl (C=O) groups excluding carboxylic acids is 1. The zero-order valence-electron chi connectivity index (χ0n) is 13.0. The van der Waals surface area contributed by atoms with Crippen molar-refractivity contribution in [3.05, 3.63) is 48.3 Å². The molecule has 4 rings (SSSR count). The fourth-order valence-corrected chi connectivity index (χ4v) is 3.61. The number of rotatable bonds is 3. The Bertz CT molecular complexity index is 659. The van der Waals surface area contributed by atoms with Crippen LogP contribution in [0.15, 0.2) is 42.7 Å². The molecule has 2 aliphatic rings. The van der Waals surface area contributed by atoms with Crippen LogP contribution >= 0.6 is 0 Å². The van der Waals surface area contributed by atoms with Gasteiger partial charge in [-0.25, -0.2) is 4.68 Å². The number of ether oxygens (including phenoxy) is 1. The van der Waals surface area contributed by atoms with Crippen LogP contribution in [0.1, 0.15) is 24.4 Å². The van der Waals surface area contributed by atoms with E-state index in [2.05, 4.69) is 22.4 Å². The first-order chi connectivity index (χ1) is 11.3. The van der Waals surface area contributed by atoms with Gasteiger partial charge in [-0.15, -0.1) is 5.10 Å². The highest BCUT2D eigenvalue weighted by Gasteiger charge is 2.47. The van der Waals surface area contributed by atoms with E-state index >= 15 is 0 Å². The molecular weight excluding hydrogens is 292 g/mol. The Kier molecular flexibility index (Phi) is 3.61. The second kappa shape index (κ2) is 5.77. The highest BCUT2D eigenvalue weighted by Crippen LogP contribution is 2.38. The third kappa shape index (κ3) is 2.43. The molecule has 0 unspecified atom stereocenters. The van der Waals surface area contributed by atoms with Crippen LogP contribution in [0.2, 0.25) is 0 Å². The Morgan fingerprint density at radius 3 is 2.57 bits per heavy atom. The van der Waals surface area contributed by atoms with Gasteiger partial charge in [-0.1, -0.05) is 35.5 Å². The van der Waals surface area contributed by atoms with E-state index in [1.807, 2.05) is 34.0 Å². The zero-order valence-corrected chi connectivity index (χ0v) is 13.0. The molecule has 6 nitrogen and oxygen atoms in total. The molecule has 2 aliphatic heterocycles. The van der Waals surface area contributed by atoms with E-state index in [0.29, 0.717) is 26.3 Å². The minimum atomic E-state index is -0.438. The number of nitrogens with zero attached hydrogens (tertiary/aromatic N) is 4. The smallest absolute Gasteiger partial charge is 0.233 e. The molecule has 23 heavy (non-hydrogen) atoms. The molecule has 0 radical (unpaired) electrons. The molecule has 0 saturated carbocycles. The number of amides is 1. The van der Waals surface area contributed by atoms with E-state index in [0.717, 1.165) is 18.4 Å². The highest BCUT2D eigenvalue weighted by atomic mass is 16.5. The van der Waals surface area contributed by atoms with E-state index in [-0.39, 0.29) is 11.9 Å². The van der Waals surface area contributed by atoms with Gasteiger partial charge in [0.1, 0.15) is 0 Å². The Hall–Kier alpha value is -2.21. The summed E-state index contributed by atoms with van der Waals surface area (Å²) in [4.78, 5) is 15.2. The van der Waals surface area contributed by atoms with Gasteiger partial charge in [0.2, 0.25) is 5.91 Å². The number of benzene rings is 1. The number of hydrogen-bond donors (Lipinski definition) is 0. The molecule has 120 valence electrons. The Balaban J connectivity index is 1.55. The van der Waals surface area contributed by atoms with Crippen LogP contribution in [0.3, 0.4) is 0 Å². The van der Waals surface area contributed by atoms with Crippen molar-refractivity contribution in [2.45, 2.75) is 24.3 Å². The topological polar surface area (TPSA) is 60.2 Å². The summed E-state index contributed by atoms with van der Waals surface area (Å²) in [6.07, 6.45) is 5.03. The van der Waals surface area contributed by atoms with Crippen LogP contribution < -0.4 is 0 Å². The second-order valence-electron chi connectivity index (χ2n) is 6.31. The van der Waals surface area contributed by atoms with Crippen molar-refractivity contribution in [1.82, 2.24) is 19.9 Å². The van der Waals surface area contributed by atoms with Crippen molar-refractivity contribution in [2.75, 3.05) is 26.3 Å². The molecule has 2 aromatic rings. The standard InChI is InChI=1S/C17H20N4O2/c22-16(20-12-15(13-20)21-9-8-18-19-21)17(6-10-23-11-7-17)14-4-2-1-3-5-14/h1-5,8-9,15H,6-7,10-13H2. The minimum Gasteiger partial charge on any atom is -0.381 e. The average Bonchev–Trinajstić information content (AvgIpc) is 3.09. The van der Waals surface area contributed by atoms with Gasteiger partial charge in [0.05, 0.1) is 17.7 Å². The third-order valence-corrected chi connectivity index (χ3v) is 5.05.